The number of anilines is 1. The number of aromatic nitrogens is 1. The average Bonchev–Trinajstić information content (AvgIpc) is 2.74. The van der Waals surface area contributed by atoms with Crippen molar-refractivity contribution < 1.29 is 0 Å². The van der Waals surface area contributed by atoms with E-state index >= 15 is 0 Å². The smallest absolute Gasteiger partial charge is 0.137 e. The molecule has 4 heteroatoms. The maximum atomic E-state index is 4.41. The van der Waals surface area contributed by atoms with Crippen LogP contribution in [0, 0.1) is 0 Å². The second kappa shape index (κ2) is 3.31. The molecule has 2 N–H and O–H groups in total. The van der Waals surface area contributed by atoms with Gasteiger partial charge in [-0.05, 0) is 30.2 Å². The molecule has 0 bridgehead atoms. The van der Waals surface area contributed by atoms with E-state index in [1.807, 2.05) is 30.6 Å². The fourth-order valence-corrected chi connectivity index (χ4v) is 1.94. The molecule has 0 atom stereocenters. The highest BCUT2D eigenvalue weighted by atomic mass is 15.4. The zero-order chi connectivity index (χ0) is 10.1. The van der Waals surface area contributed by atoms with Gasteiger partial charge in [0.1, 0.15) is 11.6 Å². The van der Waals surface area contributed by atoms with Crippen molar-refractivity contribution in [3.8, 4) is 0 Å². The standard InChI is InChI=1S/C11H12N4/c1-3-9-5-8-15(11(9)12-6-1)10-4-2-7-13-14-10/h1-4,6-7,13-14H,5,8H2. The largest absolute Gasteiger partial charge is 0.311 e. The summed E-state index contributed by atoms with van der Waals surface area (Å²) in [5, 5.41) is 0. The van der Waals surface area contributed by atoms with Crippen molar-refractivity contribution in [1.82, 2.24) is 15.8 Å². The molecule has 15 heavy (non-hydrogen) atoms. The number of rotatable bonds is 1. The van der Waals surface area contributed by atoms with Gasteiger partial charge < -0.3 is 10.3 Å². The predicted molar refractivity (Wildman–Crippen MR) is 58.8 cm³/mol. The first-order chi connectivity index (χ1) is 7.45. The molecule has 1 aromatic rings. The SMILES string of the molecule is C1=CNNC(N2CCc3cccnc32)=C1. The highest BCUT2D eigenvalue weighted by Gasteiger charge is 2.22. The summed E-state index contributed by atoms with van der Waals surface area (Å²) >= 11 is 0. The number of hydrogen-bond donors (Lipinski definition) is 2. The van der Waals surface area contributed by atoms with Crippen molar-refractivity contribution in [2.24, 2.45) is 0 Å². The summed E-state index contributed by atoms with van der Waals surface area (Å²) in [5.41, 5.74) is 7.40. The molecule has 2 aliphatic heterocycles. The van der Waals surface area contributed by atoms with Crippen LogP contribution in [0.3, 0.4) is 0 Å². The van der Waals surface area contributed by atoms with Crippen molar-refractivity contribution in [2.45, 2.75) is 6.42 Å². The van der Waals surface area contributed by atoms with E-state index in [2.05, 4.69) is 26.8 Å². The second-order valence-corrected chi connectivity index (χ2v) is 3.57. The lowest BCUT2D eigenvalue weighted by Crippen LogP contribution is -2.38. The molecule has 4 nitrogen and oxygen atoms in total. The molecule has 0 saturated heterocycles. The van der Waals surface area contributed by atoms with Crippen LogP contribution in [0.5, 0.6) is 0 Å². The third-order valence-corrected chi connectivity index (χ3v) is 2.65. The van der Waals surface area contributed by atoms with Crippen LogP contribution in [0.25, 0.3) is 0 Å². The summed E-state index contributed by atoms with van der Waals surface area (Å²) in [6.45, 7) is 0.987. The zero-order valence-corrected chi connectivity index (χ0v) is 8.27. The lowest BCUT2D eigenvalue weighted by atomic mass is 10.2. The van der Waals surface area contributed by atoms with E-state index in [1.54, 1.807) is 0 Å². The fraction of sp³-hybridized carbons (Fsp3) is 0.182. The van der Waals surface area contributed by atoms with Crippen molar-refractivity contribution in [1.29, 1.82) is 0 Å². The number of nitrogens with one attached hydrogen (secondary N) is 2. The zero-order valence-electron chi connectivity index (χ0n) is 8.27. The van der Waals surface area contributed by atoms with Gasteiger partial charge in [0.15, 0.2) is 0 Å². The molecule has 0 aromatic carbocycles. The Hall–Kier alpha value is -1.97. The molecule has 0 radical (unpaired) electrons. The molecule has 3 heterocycles. The van der Waals surface area contributed by atoms with Crippen molar-refractivity contribution in [3.63, 3.8) is 0 Å². The van der Waals surface area contributed by atoms with E-state index in [-0.39, 0.29) is 0 Å². The summed E-state index contributed by atoms with van der Waals surface area (Å²) in [6.07, 6.45) is 8.78. The van der Waals surface area contributed by atoms with Crippen LogP contribution in [0.2, 0.25) is 0 Å². The predicted octanol–water partition coefficient (Wildman–Crippen LogP) is 0.907. The molecule has 0 aliphatic carbocycles. The van der Waals surface area contributed by atoms with Crippen LogP contribution in [0.1, 0.15) is 5.56 Å². The molecule has 3 rings (SSSR count). The Labute approximate surface area is 88.3 Å². The van der Waals surface area contributed by atoms with Crippen LogP contribution in [-0.4, -0.2) is 11.5 Å². The van der Waals surface area contributed by atoms with Gasteiger partial charge in [0, 0.05) is 18.9 Å². The minimum absolute atomic E-state index is 0.987. The second-order valence-electron chi connectivity index (χ2n) is 3.57. The first-order valence-electron chi connectivity index (χ1n) is 5.05. The number of fused-ring (bicyclic) bond motifs is 1. The lowest BCUT2D eigenvalue weighted by Gasteiger charge is -2.24. The number of pyridine rings is 1. The lowest BCUT2D eigenvalue weighted by molar-refractivity contribution is 0.678. The number of hydrazine groups is 1. The highest BCUT2D eigenvalue weighted by molar-refractivity contribution is 5.56. The van der Waals surface area contributed by atoms with E-state index in [4.69, 9.17) is 0 Å². The molecule has 0 unspecified atom stereocenters. The maximum Gasteiger partial charge on any atom is 0.137 e. The molecule has 76 valence electrons. The van der Waals surface area contributed by atoms with E-state index in [0.29, 0.717) is 0 Å². The van der Waals surface area contributed by atoms with E-state index in [0.717, 1.165) is 24.6 Å². The minimum atomic E-state index is 0.987. The quantitative estimate of drug-likeness (QED) is 0.707. The number of nitrogens with zero attached hydrogens (tertiary/aromatic N) is 2. The number of allylic oxidation sites excluding steroid dienone is 2. The van der Waals surface area contributed by atoms with Crippen molar-refractivity contribution in [2.75, 3.05) is 11.4 Å². The normalized spacial score (nSPS) is 17.9. The van der Waals surface area contributed by atoms with E-state index in [9.17, 15) is 0 Å². The van der Waals surface area contributed by atoms with Gasteiger partial charge in [-0.3, -0.25) is 5.43 Å². The summed E-state index contributed by atoms with van der Waals surface area (Å²) < 4.78 is 0. The van der Waals surface area contributed by atoms with Gasteiger partial charge >= 0.3 is 0 Å². The topological polar surface area (TPSA) is 40.2 Å². The van der Waals surface area contributed by atoms with E-state index < -0.39 is 0 Å². The molecule has 0 amide bonds. The Balaban J connectivity index is 1.96. The first kappa shape index (κ1) is 8.35. The van der Waals surface area contributed by atoms with Gasteiger partial charge in [-0.1, -0.05) is 6.07 Å². The Morgan fingerprint density at radius 3 is 3.27 bits per heavy atom. The third-order valence-electron chi connectivity index (χ3n) is 2.65. The first-order valence-corrected chi connectivity index (χ1v) is 5.05. The summed E-state index contributed by atoms with van der Waals surface area (Å²) in [6, 6.07) is 4.12. The number of hydrogen-bond acceptors (Lipinski definition) is 4. The molecule has 0 spiro atoms. The summed E-state index contributed by atoms with van der Waals surface area (Å²) in [7, 11) is 0. The molecule has 2 aliphatic rings. The maximum absolute atomic E-state index is 4.41. The third kappa shape index (κ3) is 1.34. The molecule has 1 aromatic heterocycles. The summed E-state index contributed by atoms with van der Waals surface area (Å²) in [5.74, 6) is 2.11. The Kier molecular flexibility index (Phi) is 1.84. The minimum Gasteiger partial charge on any atom is -0.311 e. The Morgan fingerprint density at radius 2 is 2.40 bits per heavy atom. The van der Waals surface area contributed by atoms with Gasteiger partial charge in [0.05, 0.1) is 0 Å². The van der Waals surface area contributed by atoms with Gasteiger partial charge in [-0.25, -0.2) is 4.98 Å². The fourth-order valence-electron chi connectivity index (χ4n) is 1.94. The molecule has 0 saturated carbocycles. The van der Waals surface area contributed by atoms with Gasteiger partial charge in [-0.2, -0.15) is 0 Å². The Bertz CT molecular complexity index is 436. The van der Waals surface area contributed by atoms with Gasteiger partial charge in [0.25, 0.3) is 0 Å². The van der Waals surface area contributed by atoms with Crippen molar-refractivity contribution in [3.05, 3.63) is 48.1 Å². The molecular weight excluding hydrogens is 188 g/mol. The van der Waals surface area contributed by atoms with Crippen LogP contribution < -0.4 is 15.8 Å². The highest BCUT2D eigenvalue weighted by Crippen LogP contribution is 2.27. The molecular formula is C11H12N4. The van der Waals surface area contributed by atoms with Crippen LogP contribution >= 0.6 is 0 Å². The van der Waals surface area contributed by atoms with Gasteiger partial charge in [-0.15, -0.1) is 0 Å². The molecule has 0 fully saturated rings. The average molecular weight is 200 g/mol. The van der Waals surface area contributed by atoms with Gasteiger partial charge in [0.2, 0.25) is 0 Å². The van der Waals surface area contributed by atoms with Crippen LogP contribution in [0.4, 0.5) is 5.82 Å². The summed E-state index contributed by atoms with van der Waals surface area (Å²) in [4.78, 5) is 6.60. The van der Waals surface area contributed by atoms with Crippen LogP contribution in [-0.2, 0) is 6.42 Å². The van der Waals surface area contributed by atoms with Crippen LogP contribution in [0.15, 0.2) is 42.5 Å². The Morgan fingerprint density at radius 1 is 1.40 bits per heavy atom. The van der Waals surface area contributed by atoms with Crippen molar-refractivity contribution >= 4 is 5.82 Å². The van der Waals surface area contributed by atoms with E-state index in [1.165, 1.54) is 5.56 Å². The monoisotopic (exact) mass is 200 g/mol.